The molecule has 1 aliphatic rings. The molecule has 0 aromatic heterocycles. The molecule has 0 saturated carbocycles. The number of allylic oxidation sites excluding steroid dienone is 1. The van der Waals surface area contributed by atoms with Gasteiger partial charge in [-0.3, -0.25) is 9.59 Å². The lowest BCUT2D eigenvalue weighted by molar-refractivity contribution is -0.151. The highest BCUT2D eigenvalue weighted by atomic mass is 16.6. The van der Waals surface area contributed by atoms with Gasteiger partial charge in [-0.15, -0.1) is 6.58 Å². The molecule has 0 N–H and O–H groups in total. The van der Waals surface area contributed by atoms with Gasteiger partial charge in [0.2, 0.25) is 0 Å². The van der Waals surface area contributed by atoms with Crippen molar-refractivity contribution in [3.8, 4) is 0 Å². The second kappa shape index (κ2) is 9.44. The fraction of sp³-hybridized carbons (Fsp3) is 0.667. The van der Waals surface area contributed by atoms with E-state index < -0.39 is 11.9 Å². The van der Waals surface area contributed by atoms with Crippen molar-refractivity contribution in [1.82, 2.24) is 0 Å². The highest BCUT2D eigenvalue weighted by Gasteiger charge is 2.19. The topological polar surface area (TPSA) is 43.4 Å². The first-order valence-corrected chi connectivity index (χ1v) is 5.55. The number of hydrogen-bond acceptors (Lipinski definition) is 3. The molecule has 0 spiro atoms. The Balaban J connectivity index is 0.000000262. The number of esters is 2. The van der Waals surface area contributed by atoms with Crippen LogP contribution in [0.25, 0.3) is 0 Å². The number of ether oxygens (including phenoxy) is 1. The van der Waals surface area contributed by atoms with Crippen molar-refractivity contribution in [2.75, 3.05) is 0 Å². The fourth-order valence-electron chi connectivity index (χ4n) is 1.15. The Bertz CT molecular complexity index is 195. The first-order chi connectivity index (χ1) is 7.20. The van der Waals surface area contributed by atoms with Crippen LogP contribution in [-0.2, 0) is 14.3 Å². The van der Waals surface area contributed by atoms with Crippen molar-refractivity contribution in [1.29, 1.82) is 0 Å². The monoisotopic (exact) mass is 212 g/mol. The van der Waals surface area contributed by atoms with Gasteiger partial charge in [-0.1, -0.05) is 32.3 Å². The van der Waals surface area contributed by atoms with Crippen LogP contribution in [-0.4, -0.2) is 11.9 Å². The second-order valence-electron chi connectivity index (χ2n) is 3.48. The molecule has 1 heterocycles. The van der Waals surface area contributed by atoms with E-state index in [0.717, 1.165) is 0 Å². The van der Waals surface area contributed by atoms with Crippen molar-refractivity contribution < 1.29 is 14.3 Å². The predicted octanol–water partition coefficient (Wildman–Crippen LogP) is 2.99. The minimum Gasteiger partial charge on any atom is -0.393 e. The van der Waals surface area contributed by atoms with E-state index in [0.29, 0.717) is 0 Å². The molecule has 1 aliphatic heterocycles. The Hall–Kier alpha value is -1.12. The predicted molar refractivity (Wildman–Crippen MR) is 59.3 cm³/mol. The van der Waals surface area contributed by atoms with Crippen LogP contribution in [0.4, 0.5) is 0 Å². The third-order valence-corrected chi connectivity index (χ3v) is 2.02. The molecule has 15 heavy (non-hydrogen) atoms. The SMILES string of the molecule is C=CCCCCCC.O=C1CCC(=O)O1. The van der Waals surface area contributed by atoms with Gasteiger partial charge in [0.1, 0.15) is 0 Å². The van der Waals surface area contributed by atoms with Crippen LogP contribution in [0, 0.1) is 0 Å². The molecule has 0 unspecified atom stereocenters. The van der Waals surface area contributed by atoms with E-state index in [1.54, 1.807) is 0 Å². The van der Waals surface area contributed by atoms with Crippen molar-refractivity contribution in [3.63, 3.8) is 0 Å². The highest BCUT2D eigenvalue weighted by Crippen LogP contribution is 2.04. The van der Waals surface area contributed by atoms with E-state index in [9.17, 15) is 9.59 Å². The number of rotatable bonds is 5. The summed E-state index contributed by atoms with van der Waals surface area (Å²) in [5.41, 5.74) is 0. The average molecular weight is 212 g/mol. The summed E-state index contributed by atoms with van der Waals surface area (Å²) >= 11 is 0. The summed E-state index contributed by atoms with van der Waals surface area (Å²) in [4.78, 5) is 20.0. The van der Waals surface area contributed by atoms with E-state index in [2.05, 4.69) is 18.2 Å². The summed E-state index contributed by atoms with van der Waals surface area (Å²) in [6.07, 6.45) is 9.14. The lowest BCUT2D eigenvalue weighted by atomic mass is 10.2. The van der Waals surface area contributed by atoms with Crippen LogP contribution in [0.2, 0.25) is 0 Å². The molecule has 1 saturated heterocycles. The van der Waals surface area contributed by atoms with E-state index in [1.807, 2.05) is 6.08 Å². The van der Waals surface area contributed by atoms with Gasteiger partial charge in [0.05, 0.1) is 12.8 Å². The quantitative estimate of drug-likeness (QED) is 0.304. The van der Waals surface area contributed by atoms with E-state index in [-0.39, 0.29) is 12.8 Å². The van der Waals surface area contributed by atoms with Gasteiger partial charge < -0.3 is 4.74 Å². The molecule has 1 fully saturated rings. The lowest BCUT2D eigenvalue weighted by Gasteiger charge is -1.91. The molecule has 0 aromatic rings. The summed E-state index contributed by atoms with van der Waals surface area (Å²) in [6.45, 7) is 5.89. The van der Waals surface area contributed by atoms with Gasteiger partial charge in [0, 0.05) is 0 Å². The van der Waals surface area contributed by atoms with E-state index in [4.69, 9.17) is 0 Å². The maximum atomic E-state index is 10.0. The molecule has 0 bridgehead atoms. The lowest BCUT2D eigenvalue weighted by Crippen LogP contribution is -1.94. The third-order valence-electron chi connectivity index (χ3n) is 2.02. The molecule has 1 rings (SSSR count). The van der Waals surface area contributed by atoms with Crippen LogP contribution in [0.1, 0.15) is 51.9 Å². The molecule has 0 amide bonds. The van der Waals surface area contributed by atoms with Gasteiger partial charge in [-0.25, -0.2) is 0 Å². The molecule has 0 aromatic carbocycles. The zero-order valence-corrected chi connectivity index (χ0v) is 9.46. The van der Waals surface area contributed by atoms with Crippen LogP contribution in [0.3, 0.4) is 0 Å². The van der Waals surface area contributed by atoms with E-state index in [1.165, 1.54) is 32.1 Å². The van der Waals surface area contributed by atoms with Gasteiger partial charge in [-0.2, -0.15) is 0 Å². The molecule has 3 heteroatoms. The maximum absolute atomic E-state index is 10.0. The standard InChI is InChI=1S/C8H16.C4H4O3/c1-3-5-7-8-6-4-2;5-3-1-2-4(6)7-3/h3H,1,4-8H2,2H3;1-2H2. The minimum absolute atomic E-state index is 0.263. The second-order valence-corrected chi connectivity index (χ2v) is 3.48. The van der Waals surface area contributed by atoms with Crippen LogP contribution in [0.5, 0.6) is 0 Å². The third kappa shape index (κ3) is 9.19. The van der Waals surface area contributed by atoms with Gasteiger partial charge in [-0.05, 0) is 12.8 Å². The first kappa shape index (κ1) is 13.9. The van der Waals surface area contributed by atoms with Crippen molar-refractivity contribution in [3.05, 3.63) is 12.7 Å². The molecule has 0 atom stereocenters. The van der Waals surface area contributed by atoms with Crippen LogP contribution >= 0.6 is 0 Å². The minimum atomic E-state index is -0.398. The van der Waals surface area contributed by atoms with Crippen LogP contribution in [0.15, 0.2) is 12.7 Å². The van der Waals surface area contributed by atoms with Gasteiger partial charge in [0.25, 0.3) is 0 Å². The van der Waals surface area contributed by atoms with Gasteiger partial charge >= 0.3 is 11.9 Å². The Morgan fingerprint density at radius 1 is 1.20 bits per heavy atom. The number of carbonyl (C=O) groups is 2. The number of cyclic esters (lactones) is 2. The summed E-state index contributed by atoms with van der Waals surface area (Å²) in [5.74, 6) is -0.796. The van der Waals surface area contributed by atoms with Crippen LogP contribution < -0.4 is 0 Å². The summed E-state index contributed by atoms with van der Waals surface area (Å²) in [7, 11) is 0. The molecule has 0 radical (unpaired) electrons. The summed E-state index contributed by atoms with van der Waals surface area (Å²) in [5, 5.41) is 0. The summed E-state index contributed by atoms with van der Waals surface area (Å²) in [6, 6.07) is 0. The first-order valence-electron chi connectivity index (χ1n) is 5.55. The molecule has 0 aliphatic carbocycles. The molecular weight excluding hydrogens is 192 g/mol. The number of unbranched alkanes of at least 4 members (excludes halogenated alkanes) is 4. The zero-order chi connectivity index (χ0) is 11.5. The maximum Gasteiger partial charge on any atom is 0.314 e. The zero-order valence-electron chi connectivity index (χ0n) is 9.46. The molecule has 3 nitrogen and oxygen atoms in total. The smallest absolute Gasteiger partial charge is 0.314 e. The Morgan fingerprint density at radius 2 is 1.80 bits per heavy atom. The van der Waals surface area contributed by atoms with E-state index >= 15 is 0 Å². The van der Waals surface area contributed by atoms with Gasteiger partial charge in [0.15, 0.2) is 0 Å². The molecule has 86 valence electrons. The fourth-order valence-corrected chi connectivity index (χ4v) is 1.15. The average Bonchev–Trinajstić information content (AvgIpc) is 2.58. The summed E-state index contributed by atoms with van der Waals surface area (Å²) < 4.78 is 4.08. The van der Waals surface area contributed by atoms with Crippen molar-refractivity contribution in [2.45, 2.75) is 51.9 Å². The number of hydrogen-bond donors (Lipinski definition) is 0. The normalized spacial score (nSPS) is 14.2. The Morgan fingerprint density at radius 3 is 2.13 bits per heavy atom. The largest absolute Gasteiger partial charge is 0.393 e. The number of carbonyl (C=O) groups excluding carboxylic acids is 2. The van der Waals surface area contributed by atoms with Crippen molar-refractivity contribution >= 4 is 11.9 Å². The highest BCUT2D eigenvalue weighted by molar-refractivity contribution is 5.92. The van der Waals surface area contributed by atoms with Crippen molar-refractivity contribution in [2.24, 2.45) is 0 Å². The Labute approximate surface area is 91.5 Å². The Kier molecular flexibility index (Phi) is 8.73. The molecular formula is C12H20O3.